The molecule has 0 aliphatic carbocycles. The Morgan fingerprint density at radius 2 is 2.05 bits per heavy atom. The van der Waals surface area contributed by atoms with E-state index >= 15 is 0 Å². The molecule has 0 amide bonds. The molecule has 5 heteroatoms. The first kappa shape index (κ1) is 15.4. The van der Waals surface area contributed by atoms with Crippen LogP contribution in [0.1, 0.15) is 60.8 Å². The van der Waals surface area contributed by atoms with Gasteiger partial charge in [-0.2, -0.15) is 4.98 Å². The Balaban J connectivity index is 2.15. The number of benzene rings is 1. The van der Waals surface area contributed by atoms with Gasteiger partial charge in [-0.1, -0.05) is 48.8 Å². The highest BCUT2D eigenvalue weighted by Crippen LogP contribution is 2.23. The van der Waals surface area contributed by atoms with Gasteiger partial charge in [0.2, 0.25) is 11.7 Å². The largest absolute Gasteiger partial charge is 0.373 e. The van der Waals surface area contributed by atoms with Crippen molar-refractivity contribution in [3.8, 4) is 0 Å². The molecule has 0 aliphatic heterocycles. The Kier molecular flexibility index (Phi) is 5.22. The van der Waals surface area contributed by atoms with Crippen molar-refractivity contribution in [2.24, 2.45) is 0 Å². The highest BCUT2D eigenvalue weighted by molar-refractivity contribution is 6.00. The predicted molar refractivity (Wildman–Crippen MR) is 78.1 cm³/mol. The molecule has 0 radical (unpaired) electrons. The number of ether oxygens (including phenoxy) is 1. The number of hydrogen-bond acceptors (Lipinski definition) is 5. The van der Waals surface area contributed by atoms with Gasteiger partial charge in [0.15, 0.2) is 5.78 Å². The standard InChI is InChI=1S/C16H20N2O3/c1-4-8-13(20-3)15-17-16(21-18-15)11(2)14(19)12-9-6-5-7-10-12/h5-7,9-11,13H,4,8H2,1-3H3. The molecule has 0 saturated carbocycles. The number of aromatic nitrogens is 2. The molecule has 0 aliphatic rings. The second-order valence-electron chi connectivity index (χ2n) is 4.96. The van der Waals surface area contributed by atoms with Gasteiger partial charge in [-0.05, 0) is 13.3 Å². The zero-order valence-electron chi connectivity index (χ0n) is 12.6. The molecule has 1 aromatic heterocycles. The van der Waals surface area contributed by atoms with E-state index in [1.165, 1.54) is 0 Å². The van der Waals surface area contributed by atoms with E-state index in [1.54, 1.807) is 26.2 Å². The molecule has 2 atom stereocenters. The molecular formula is C16H20N2O3. The van der Waals surface area contributed by atoms with E-state index in [2.05, 4.69) is 17.1 Å². The van der Waals surface area contributed by atoms with E-state index in [4.69, 9.17) is 9.26 Å². The minimum atomic E-state index is -0.465. The molecule has 5 nitrogen and oxygen atoms in total. The van der Waals surface area contributed by atoms with Gasteiger partial charge in [-0.25, -0.2) is 0 Å². The Morgan fingerprint density at radius 1 is 1.33 bits per heavy atom. The first-order chi connectivity index (χ1) is 10.2. The van der Waals surface area contributed by atoms with Crippen LogP contribution >= 0.6 is 0 Å². The van der Waals surface area contributed by atoms with Crippen LogP contribution in [0, 0.1) is 0 Å². The number of ketones is 1. The molecule has 21 heavy (non-hydrogen) atoms. The van der Waals surface area contributed by atoms with Crippen LogP contribution in [0.2, 0.25) is 0 Å². The Labute approximate surface area is 124 Å². The molecule has 112 valence electrons. The molecule has 0 N–H and O–H groups in total. The van der Waals surface area contributed by atoms with Crippen LogP contribution < -0.4 is 0 Å². The van der Waals surface area contributed by atoms with E-state index in [1.807, 2.05) is 18.2 Å². The van der Waals surface area contributed by atoms with Crippen molar-refractivity contribution < 1.29 is 14.1 Å². The van der Waals surface area contributed by atoms with Crippen LogP contribution in [0.3, 0.4) is 0 Å². The summed E-state index contributed by atoms with van der Waals surface area (Å²) in [4.78, 5) is 16.7. The quantitative estimate of drug-likeness (QED) is 0.729. The third kappa shape index (κ3) is 3.55. The van der Waals surface area contributed by atoms with Gasteiger partial charge in [0.25, 0.3) is 0 Å². The summed E-state index contributed by atoms with van der Waals surface area (Å²) < 4.78 is 10.6. The van der Waals surface area contributed by atoms with Crippen molar-refractivity contribution in [3.05, 3.63) is 47.6 Å². The van der Waals surface area contributed by atoms with Crippen molar-refractivity contribution in [2.75, 3.05) is 7.11 Å². The van der Waals surface area contributed by atoms with Gasteiger partial charge in [0, 0.05) is 12.7 Å². The van der Waals surface area contributed by atoms with Crippen molar-refractivity contribution in [2.45, 2.75) is 38.7 Å². The van der Waals surface area contributed by atoms with E-state index in [0.29, 0.717) is 17.3 Å². The summed E-state index contributed by atoms with van der Waals surface area (Å²) in [6.45, 7) is 3.84. The van der Waals surface area contributed by atoms with Crippen molar-refractivity contribution in [3.63, 3.8) is 0 Å². The molecule has 2 rings (SSSR count). The molecule has 0 spiro atoms. The third-order valence-electron chi connectivity index (χ3n) is 3.40. The summed E-state index contributed by atoms with van der Waals surface area (Å²) in [5.74, 6) is 0.335. The highest BCUT2D eigenvalue weighted by Gasteiger charge is 2.25. The van der Waals surface area contributed by atoms with Crippen LogP contribution in [0.5, 0.6) is 0 Å². The van der Waals surface area contributed by atoms with Crippen molar-refractivity contribution in [1.82, 2.24) is 10.1 Å². The van der Waals surface area contributed by atoms with Crippen LogP contribution in [0.25, 0.3) is 0 Å². The number of Topliss-reactive ketones (excluding diaryl/α,β-unsaturated/α-hetero) is 1. The number of rotatable bonds is 7. The summed E-state index contributed by atoms with van der Waals surface area (Å²) in [7, 11) is 1.62. The van der Waals surface area contributed by atoms with Gasteiger partial charge >= 0.3 is 0 Å². The minimum Gasteiger partial charge on any atom is -0.373 e. The van der Waals surface area contributed by atoms with E-state index < -0.39 is 5.92 Å². The zero-order chi connectivity index (χ0) is 15.2. The summed E-state index contributed by atoms with van der Waals surface area (Å²) in [6.07, 6.45) is 1.59. The number of nitrogens with zero attached hydrogens (tertiary/aromatic N) is 2. The average molecular weight is 288 g/mol. The van der Waals surface area contributed by atoms with Gasteiger partial charge < -0.3 is 9.26 Å². The lowest BCUT2D eigenvalue weighted by molar-refractivity contribution is 0.0854. The maximum absolute atomic E-state index is 12.4. The van der Waals surface area contributed by atoms with Crippen LogP contribution in [0.4, 0.5) is 0 Å². The topological polar surface area (TPSA) is 65.2 Å². The summed E-state index contributed by atoms with van der Waals surface area (Å²) in [5.41, 5.74) is 0.640. The average Bonchev–Trinajstić information content (AvgIpc) is 3.01. The third-order valence-corrected chi connectivity index (χ3v) is 3.40. The van der Waals surface area contributed by atoms with Crippen LogP contribution in [0.15, 0.2) is 34.9 Å². The summed E-state index contributed by atoms with van der Waals surface area (Å²) in [5, 5.41) is 3.94. The molecule has 1 heterocycles. The monoisotopic (exact) mass is 288 g/mol. The van der Waals surface area contributed by atoms with Gasteiger partial charge in [-0.3, -0.25) is 4.79 Å². The van der Waals surface area contributed by atoms with E-state index in [0.717, 1.165) is 12.8 Å². The smallest absolute Gasteiger partial charge is 0.237 e. The predicted octanol–water partition coefficient (Wildman–Crippen LogP) is 3.54. The number of hydrogen-bond donors (Lipinski definition) is 0. The Hall–Kier alpha value is -2.01. The van der Waals surface area contributed by atoms with Gasteiger partial charge in [-0.15, -0.1) is 0 Å². The van der Waals surface area contributed by atoms with Crippen molar-refractivity contribution >= 4 is 5.78 Å². The first-order valence-corrected chi connectivity index (χ1v) is 7.13. The summed E-state index contributed by atoms with van der Waals surface area (Å²) >= 11 is 0. The van der Waals surface area contributed by atoms with Gasteiger partial charge in [0.1, 0.15) is 6.10 Å². The lowest BCUT2D eigenvalue weighted by Crippen LogP contribution is -2.10. The normalized spacial score (nSPS) is 13.9. The summed E-state index contributed by atoms with van der Waals surface area (Å²) in [6, 6.07) is 9.11. The van der Waals surface area contributed by atoms with Crippen LogP contribution in [-0.4, -0.2) is 23.0 Å². The fourth-order valence-corrected chi connectivity index (χ4v) is 2.13. The van der Waals surface area contributed by atoms with Crippen LogP contribution in [-0.2, 0) is 4.74 Å². The van der Waals surface area contributed by atoms with Gasteiger partial charge in [0.05, 0.1) is 5.92 Å². The number of carbonyl (C=O) groups excluding carboxylic acids is 1. The van der Waals surface area contributed by atoms with E-state index in [9.17, 15) is 4.79 Å². The van der Waals surface area contributed by atoms with Crippen molar-refractivity contribution in [1.29, 1.82) is 0 Å². The first-order valence-electron chi connectivity index (χ1n) is 7.13. The highest BCUT2D eigenvalue weighted by atomic mass is 16.5. The zero-order valence-corrected chi connectivity index (χ0v) is 12.6. The molecule has 2 aromatic rings. The molecule has 0 saturated heterocycles. The SMILES string of the molecule is CCCC(OC)c1noc(C(C)C(=O)c2ccccc2)n1. The molecule has 0 bridgehead atoms. The van der Waals surface area contributed by atoms with E-state index in [-0.39, 0.29) is 11.9 Å². The molecular weight excluding hydrogens is 268 g/mol. The Bertz CT molecular complexity index is 580. The lowest BCUT2D eigenvalue weighted by atomic mass is 9.99. The minimum absolute atomic E-state index is 0.0322. The maximum atomic E-state index is 12.4. The molecule has 1 aromatic carbocycles. The fourth-order valence-electron chi connectivity index (χ4n) is 2.13. The molecule has 2 unspecified atom stereocenters. The number of carbonyl (C=O) groups is 1. The fraction of sp³-hybridized carbons (Fsp3) is 0.438. The Morgan fingerprint density at radius 3 is 2.67 bits per heavy atom. The number of methoxy groups -OCH3 is 1. The molecule has 0 fully saturated rings. The maximum Gasteiger partial charge on any atom is 0.237 e. The lowest BCUT2D eigenvalue weighted by Gasteiger charge is -2.08. The second-order valence-corrected chi connectivity index (χ2v) is 4.96. The second kappa shape index (κ2) is 7.13.